The van der Waals surface area contributed by atoms with E-state index in [0.717, 1.165) is 51.6 Å². The Hall–Kier alpha value is -3.41. The molecule has 2 amide bonds. The number of aromatic nitrogens is 1. The molecule has 0 saturated carbocycles. The molecule has 2 unspecified atom stereocenters. The summed E-state index contributed by atoms with van der Waals surface area (Å²) in [5, 5.41) is 13.2. The molecular weight excluding hydrogens is 588 g/mol. The van der Waals surface area contributed by atoms with E-state index < -0.39 is 36.8 Å². The summed E-state index contributed by atoms with van der Waals surface area (Å²) in [5.41, 5.74) is 5.22. The van der Waals surface area contributed by atoms with Gasteiger partial charge in [0.05, 0.1) is 11.2 Å². The number of ether oxygens (including phenoxy) is 1. The topological polar surface area (TPSA) is 113 Å². The first kappa shape index (κ1) is 33.9. The zero-order valence-corrected chi connectivity index (χ0v) is 27.8. The molecule has 0 spiro atoms. The number of likely N-dealkylation sites (tertiary alicyclic amines) is 1. The van der Waals surface area contributed by atoms with Gasteiger partial charge in [-0.2, -0.15) is 0 Å². The molecule has 0 radical (unpaired) electrons. The molecule has 5 rings (SSSR count). The van der Waals surface area contributed by atoms with E-state index in [2.05, 4.69) is 23.3 Å². The minimum atomic E-state index is -1.30. The number of piperidine rings is 1. The lowest BCUT2D eigenvalue weighted by molar-refractivity contribution is -0.132. The van der Waals surface area contributed by atoms with Gasteiger partial charge in [0.1, 0.15) is 0 Å². The van der Waals surface area contributed by atoms with Gasteiger partial charge in [-0.15, -0.1) is 0 Å². The van der Waals surface area contributed by atoms with Gasteiger partial charge in [0, 0.05) is 61.6 Å². The van der Waals surface area contributed by atoms with Crippen LogP contribution in [0.1, 0.15) is 81.7 Å². The monoisotopic (exact) mass is 635 g/mol. The third-order valence-electron chi connectivity index (χ3n) is 10.0. The van der Waals surface area contributed by atoms with Crippen LogP contribution in [0, 0.1) is 6.92 Å². The normalized spacial score (nSPS) is 20.5. The van der Waals surface area contributed by atoms with Crippen LogP contribution in [0.2, 0.25) is 0 Å². The number of aromatic amines is 1. The van der Waals surface area contributed by atoms with Gasteiger partial charge in [-0.05, 0) is 82.5 Å². The van der Waals surface area contributed by atoms with Crippen molar-refractivity contribution in [1.82, 2.24) is 15.2 Å². The number of methoxy groups -OCH3 is 1. The summed E-state index contributed by atoms with van der Waals surface area (Å²) in [4.78, 5) is 30.8. The van der Waals surface area contributed by atoms with Crippen LogP contribution in [0.15, 0.2) is 42.5 Å². The molecular formula is C35H47BFN3O6. The maximum absolute atomic E-state index is 13.8. The van der Waals surface area contributed by atoms with E-state index in [1.807, 2.05) is 69.0 Å². The summed E-state index contributed by atoms with van der Waals surface area (Å²) >= 11 is 0. The number of carboxylic acid groups (broad SMARTS) is 1. The number of carbonyl (C=O) groups is 2. The maximum Gasteiger partial charge on any atom is 0.494 e. The SMILES string of the molecule is COC(F)CCc1cccc2c(C)c(C3CCCN(C(=O)C[C@@H](Cc4ccc(B5OC(C)(C)C(C)(C)O5)cc4)NC(=O)O)C3)[nH]c12. The third kappa shape index (κ3) is 7.42. The number of para-hydroxylation sites is 1. The van der Waals surface area contributed by atoms with Crippen molar-refractivity contribution in [3.05, 3.63) is 64.8 Å². The number of nitrogens with one attached hydrogen (secondary N) is 2. The van der Waals surface area contributed by atoms with Crippen LogP contribution in [0.3, 0.4) is 0 Å². The van der Waals surface area contributed by atoms with Gasteiger partial charge in [-0.25, -0.2) is 9.18 Å². The minimum absolute atomic E-state index is 0.0672. The number of nitrogens with zero attached hydrogens (tertiary/aromatic N) is 1. The van der Waals surface area contributed by atoms with E-state index in [9.17, 15) is 19.1 Å². The largest absolute Gasteiger partial charge is 0.494 e. The molecule has 9 nitrogen and oxygen atoms in total. The molecule has 0 bridgehead atoms. The Morgan fingerprint density at radius 1 is 1.15 bits per heavy atom. The molecule has 2 saturated heterocycles. The molecule has 3 N–H and O–H groups in total. The zero-order chi connectivity index (χ0) is 33.2. The Kier molecular flexibility index (Phi) is 10.1. The first-order chi connectivity index (χ1) is 21.8. The number of carbonyl (C=O) groups excluding carboxylic acids is 1. The third-order valence-corrected chi connectivity index (χ3v) is 10.0. The predicted molar refractivity (Wildman–Crippen MR) is 177 cm³/mol. The van der Waals surface area contributed by atoms with Crippen molar-refractivity contribution in [2.45, 2.75) is 103 Å². The molecule has 3 aromatic rings. The van der Waals surface area contributed by atoms with Crippen LogP contribution in [0.4, 0.5) is 9.18 Å². The number of aryl methyl sites for hydroxylation is 2. The number of amides is 2. The van der Waals surface area contributed by atoms with Gasteiger partial charge < -0.3 is 34.4 Å². The van der Waals surface area contributed by atoms with Crippen LogP contribution in [0.25, 0.3) is 10.9 Å². The summed E-state index contributed by atoms with van der Waals surface area (Å²) in [6.07, 6.45) is 0.622. The van der Waals surface area contributed by atoms with Gasteiger partial charge in [-0.3, -0.25) is 4.79 Å². The second-order valence-electron chi connectivity index (χ2n) is 13.8. The van der Waals surface area contributed by atoms with Gasteiger partial charge in [0.25, 0.3) is 0 Å². The summed E-state index contributed by atoms with van der Waals surface area (Å²) < 4.78 is 30.9. The summed E-state index contributed by atoms with van der Waals surface area (Å²) in [5.74, 6) is 0.0551. The van der Waals surface area contributed by atoms with Crippen molar-refractivity contribution in [2.75, 3.05) is 20.2 Å². The second-order valence-corrected chi connectivity index (χ2v) is 13.8. The van der Waals surface area contributed by atoms with Crippen molar-refractivity contribution in [1.29, 1.82) is 0 Å². The Labute approximate surface area is 271 Å². The average Bonchev–Trinajstić information content (AvgIpc) is 3.47. The highest BCUT2D eigenvalue weighted by Crippen LogP contribution is 2.37. The highest BCUT2D eigenvalue weighted by atomic mass is 19.1. The molecule has 1 aromatic heterocycles. The number of halogens is 1. The molecule has 0 aliphatic carbocycles. The second kappa shape index (κ2) is 13.8. The Balaban J connectivity index is 1.24. The number of alkyl halides is 1. The minimum Gasteiger partial charge on any atom is -0.465 e. The molecule has 248 valence electrons. The van der Waals surface area contributed by atoms with E-state index in [0.29, 0.717) is 25.9 Å². The maximum atomic E-state index is 13.8. The summed E-state index contributed by atoms with van der Waals surface area (Å²) in [6.45, 7) is 11.3. The van der Waals surface area contributed by atoms with E-state index in [1.165, 1.54) is 7.11 Å². The Bertz CT molecular complexity index is 1530. The highest BCUT2D eigenvalue weighted by molar-refractivity contribution is 6.62. The lowest BCUT2D eigenvalue weighted by Gasteiger charge is -2.34. The van der Waals surface area contributed by atoms with Crippen molar-refractivity contribution < 1.29 is 33.1 Å². The van der Waals surface area contributed by atoms with Gasteiger partial charge >= 0.3 is 13.2 Å². The van der Waals surface area contributed by atoms with E-state index >= 15 is 0 Å². The molecule has 3 heterocycles. The van der Waals surface area contributed by atoms with Crippen molar-refractivity contribution in [3.8, 4) is 0 Å². The van der Waals surface area contributed by atoms with Crippen LogP contribution in [0.5, 0.6) is 0 Å². The molecule has 2 aromatic carbocycles. The summed E-state index contributed by atoms with van der Waals surface area (Å²) in [6, 6.07) is 13.3. The fraction of sp³-hybridized carbons (Fsp3) is 0.543. The molecule has 11 heteroatoms. The highest BCUT2D eigenvalue weighted by Gasteiger charge is 2.51. The zero-order valence-electron chi connectivity index (χ0n) is 27.8. The number of fused-ring (bicyclic) bond motifs is 1. The first-order valence-electron chi connectivity index (χ1n) is 16.3. The fourth-order valence-electron chi connectivity index (χ4n) is 6.64. The van der Waals surface area contributed by atoms with E-state index in [4.69, 9.17) is 14.0 Å². The predicted octanol–water partition coefficient (Wildman–Crippen LogP) is 5.63. The standard InChI is InChI=1S/C35H47BFN3O6/c1-22-28-11-7-9-24(14-17-29(37)44-6)32(28)39-31(22)25-10-8-18-40(21-25)30(41)20-27(38-33(42)43)19-23-12-15-26(16-13-23)36-45-34(2,3)35(4,5)46-36/h7,9,11-13,15-16,25,27,29,38-39H,8,10,14,17-21H2,1-6H3,(H,42,43)/t25?,27-,29?/m1/s1. The van der Waals surface area contributed by atoms with E-state index in [-0.39, 0.29) is 24.7 Å². The lowest BCUT2D eigenvalue weighted by atomic mass is 9.78. The van der Waals surface area contributed by atoms with Crippen LogP contribution < -0.4 is 10.8 Å². The van der Waals surface area contributed by atoms with Gasteiger partial charge in [0.2, 0.25) is 5.91 Å². The Morgan fingerprint density at radius 3 is 2.50 bits per heavy atom. The van der Waals surface area contributed by atoms with Gasteiger partial charge in [-0.1, -0.05) is 42.5 Å². The number of hydrogen-bond donors (Lipinski definition) is 3. The van der Waals surface area contributed by atoms with Crippen LogP contribution >= 0.6 is 0 Å². The lowest BCUT2D eigenvalue weighted by Crippen LogP contribution is -2.44. The van der Waals surface area contributed by atoms with Crippen molar-refractivity contribution >= 4 is 35.5 Å². The average molecular weight is 636 g/mol. The van der Waals surface area contributed by atoms with Crippen LogP contribution in [-0.4, -0.2) is 77.9 Å². The van der Waals surface area contributed by atoms with Crippen molar-refractivity contribution in [3.63, 3.8) is 0 Å². The van der Waals surface area contributed by atoms with Crippen molar-refractivity contribution in [2.24, 2.45) is 0 Å². The fourth-order valence-corrected chi connectivity index (χ4v) is 6.64. The number of H-pyrrole nitrogens is 1. The van der Waals surface area contributed by atoms with Gasteiger partial charge in [0.15, 0.2) is 6.36 Å². The smallest absolute Gasteiger partial charge is 0.465 e. The molecule has 2 fully saturated rings. The quantitative estimate of drug-likeness (QED) is 0.236. The summed E-state index contributed by atoms with van der Waals surface area (Å²) in [7, 11) is 0.894. The number of hydrogen-bond acceptors (Lipinski definition) is 5. The number of benzene rings is 2. The van der Waals surface area contributed by atoms with E-state index in [1.54, 1.807) is 0 Å². The molecule has 46 heavy (non-hydrogen) atoms. The Morgan fingerprint density at radius 2 is 1.85 bits per heavy atom. The first-order valence-corrected chi connectivity index (χ1v) is 16.3. The molecule has 2 aliphatic heterocycles. The molecule has 3 atom stereocenters. The molecule has 2 aliphatic rings. The van der Waals surface area contributed by atoms with Crippen LogP contribution in [-0.2, 0) is 31.7 Å². The number of rotatable bonds is 11.